The van der Waals surface area contributed by atoms with Crippen LogP contribution in [0, 0.1) is 0 Å². The van der Waals surface area contributed by atoms with E-state index in [1.807, 2.05) is 0 Å². The van der Waals surface area contributed by atoms with Crippen LogP contribution in [0.4, 0.5) is 0 Å². The molecule has 0 amide bonds. The molecular weight excluding hydrogens is 176 g/mol. The number of nitrogens with zero attached hydrogens (tertiary/aromatic N) is 1. The van der Waals surface area contributed by atoms with Crippen molar-refractivity contribution < 1.29 is 4.74 Å². The number of ether oxygens (including phenoxy) is 1. The minimum absolute atomic E-state index is 0.410. The second-order valence-electron chi connectivity index (χ2n) is 4.74. The standard InChI is InChI=1S/C11H22N2O/c1-9-8-14-10(2)6-13(9)7-11-4-3-5-12-11/h9-12H,3-8H2,1-2H3/t9?,10?,11-/m0/s1. The van der Waals surface area contributed by atoms with Crippen molar-refractivity contribution in [3.8, 4) is 0 Å². The van der Waals surface area contributed by atoms with Gasteiger partial charge in [0.2, 0.25) is 0 Å². The number of rotatable bonds is 2. The summed E-state index contributed by atoms with van der Waals surface area (Å²) < 4.78 is 5.62. The van der Waals surface area contributed by atoms with Crippen LogP contribution in [0.2, 0.25) is 0 Å². The summed E-state index contributed by atoms with van der Waals surface area (Å²) in [6.07, 6.45) is 3.10. The van der Waals surface area contributed by atoms with Crippen molar-refractivity contribution in [2.75, 3.05) is 26.2 Å². The maximum atomic E-state index is 5.62. The smallest absolute Gasteiger partial charge is 0.0674 e. The first-order valence-corrected chi connectivity index (χ1v) is 5.84. The van der Waals surface area contributed by atoms with E-state index < -0.39 is 0 Å². The predicted octanol–water partition coefficient (Wildman–Crippen LogP) is 0.848. The summed E-state index contributed by atoms with van der Waals surface area (Å²) in [7, 11) is 0. The van der Waals surface area contributed by atoms with Gasteiger partial charge in [0.05, 0.1) is 12.7 Å². The van der Waals surface area contributed by atoms with E-state index in [4.69, 9.17) is 4.74 Å². The van der Waals surface area contributed by atoms with Gasteiger partial charge in [0.1, 0.15) is 0 Å². The highest BCUT2D eigenvalue weighted by atomic mass is 16.5. The molecule has 14 heavy (non-hydrogen) atoms. The van der Waals surface area contributed by atoms with Gasteiger partial charge in [0.15, 0.2) is 0 Å². The van der Waals surface area contributed by atoms with E-state index in [9.17, 15) is 0 Å². The maximum Gasteiger partial charge on any atom is 0.0674 e. The second kappa shape index (κ2) is 4.60. The molecular formula is C11H22N2O. The first kappa shape index (κ1) is 10.4. The zero-order valence-corrected chi connectivity index (χ0v) is 9.33. The molecule has 0 bridgehead atoms. The summed E-state index contributed by atoms with van der Waals surface area (Å²) in [5, 5.41) is 3.56. The van der Waals surface area contributed by atoms with Crippen molar-refractivity contribution in [2.24, 2.45) is 0 Å². The maximum absolute atomic E-state index is 5.62. The number of hydrogen-bond donors (Lipinski definition) is 1. The molecule has 0 saturated carbocycles. The highest BCUT2D eigenvalue weighted by Gasteiger charge is 2.26. The summed E-state index contributed by atoms with van der Waals surface area (Å²) in [4.78, 5) is 2.57. The van der Waals surface area contributed by atoms with Gasteiger partial charge in [-0.25, -0.2) is 0 Å². The Hall–Kier alpha value is -0.120. The molecule has 2 fully saturated rings. The number of nitrogens with one attached hydrogen (secondary N) is 1. The lowest BCUT2D eigenvalue weighted by atomic mass is 10.1. The van der Waals surface area contributed by atoms with E-state index in [2.05, 4.69) is 24.1 Å². The predicted molar refractivity (Wildman–Crippen MR) is 57.5 cm³/mol. The lowest BCUT2D eigenvalue weighted by Gasteiger charge is -2.38. The highest BCUT2D eigenvalue weighted by Crippen LogP contribution is 2.14. The lowest BCUT2D eigenvalue weighted by molar-refractivity contribution is -0.0514. The molecule has 3 heteroatoms. The van der Waals surface area contributed by atoms with Gasteiger partial charge in [0.25, 0.3) is 0 Å². The normalized spacial score (nSPS) is 40.3. The van der Waals surface area contributed by atoms with Crippen LogP contribution >= 0.6 is 0 Å². The van der Waals surface area contributed by atoms with Crippen molar-refractivity contribution in [1.82, 2.24) is 10.2 Å². The average Bonchev–Trinajstić information content (AvgIpc) is 2.64. The van der Waals surface area contributed by atoms with Crippen molar-refractivity contribution >= 4 is 0 Å². The van der Waals surface area contributed by atoms with Gasteiger partial charge in [-0.2, -0.15) is 0 Å². The second-order valence-corrected chi connectivity index (χ2v) is 4.74. The largest absolute Gasteiger partial charge is 0.376 e. The molecule has 2 saturated heterocycles. The topological polar surface area (TPSA) is 24.5 Å². The summed E-state index contributed by atoms with van der Waals surface area (Å²) in [5.74, 6) is 0. The Morgan fingerprint density at radius 1 is 1.43 bits per heavy atom. The Kier molecular flexibility index (Phi) is 3.42. The van der Waals surface area contributed by atoms with Crippen LogP contribution in [0.25, 0.3) is 0 Å². The molecule has 0 aromatic carbocycles. The van der Waals surface area contributed by atoms with E-state index in [0.717, 1.165) is 19.2 Å². The molecule has 1 N–H and O–H groups in total. The average molecular weight is 198 g/mol. The van der Waals surface area contributed by atoms with Crippen molar-refractivity contribution in [1.29, 1.82) is 0 Å². The monoisotopic (exact) mass is 198 g/mol. The Balaban J connectivity index is 1.82. The Labute approximate surface area is 86.8 Å². The van der Waals surface area contributed by atoms with Crippen LogP contribution < -0.4 is 5.32 Å². The van der Waals surface area contributed by atoms with Gasteiger partial charge in [0, 0.05) is 25.2 Å². The molecule has 0 radical (unpaired) electrons. The van der Waals surface area contributed by atoms with Crippen LogP contribution in [-0.2, 0) is 4.74 Å². The van der Waals surface area contributed by atoms with Gasteiger partial charge < -0.3 is 10.1 Å². The molecule has 0 aromatic heterocycles. The van der Waals surface area contributed by atoms with Crippen molar-refractivity contribution in [3.05, 3.63) is 0 Å². The highest BCUT2D eigenvalue weighted by molar-refractivity contribution is 4.83. The fourth-order valence-electron chi connectivity index (χ4n) is 2.42. The summed E-state index contributed by atoms with van der Waals surface area (Å²) in [5.41, 5.74) is 0. The summed E-state index contributed by atoms with van der Waals surface area (Å²) in [6.45, 7) is 8.84. The Morgan fingerprint density at radius 2 is 2.29 bits per heavy atom. The number of morpholine rings is 1. The SMILES string of the molecule is CC1CN(C[C@@H]2CCCN2)C(C)CO1. The van der Waals surface area contributed by atoms with Crippen LogP contribution in [0.1, 0.15) is 26.7 Å². The molecule has 2 aliphatic heterocycles. The summed E-state index contributed by atoms with van der Waals surface area (Å²) >= 11 is 0. The molecule has 2 rings (SSSR count). The summed E-state index contributed by atoms with van der Waals surface area (Å²) in [6, 6.07) is 1.32. The molecule has 0 aliphatic carbocycles. The van der Waals surface area contributed by atoms with Gasteiger partial charge in [-0.15, -0.1) is 0 Å². The molecule has 0 spiro atoms. The fourth-order valence-corrected chi connectivity index (χ4v) is 2.42. The fraction of sp³-hybridized carbons (Fsp3) is 1.00. The molecule has 2 heterocycles. The molecule has 3 atom stereocenters. The van der Waals surface area contributed by atoms with Crippen molar-refractivity contribution in [2.45, 2.75) is 44.9 Å². The molecule has 2 aliphatic rings. The van der Waals surface area contributed by atoms with Gasteiger partial charge in [-0.3, -0.25) is 4.90 Å². The quantitative estimate of drug-likeness (QED) is 0.712. The third-order valence-electron chi connectivity index (χ3n) is 3.35. The molecule has 3 nitrogen and oxygen atoms in total. The van der Waals surface area contributed by atoms with Crippen LogP contribution in [0.15, 0.2) is 0 Å². The van der Waals surface area contributed by atoms with E-state index in [1.54, 1.807) is 0 Å². The van der Waals surface area contributed by atoms with Crippen LogP contribution in [0.3, 0.4) is 0 Å². The van der Waals surface area contributed by atoms with Crippen LogP contribution in [0.5, 0.6) is 0 Å². The first-order valence-electron chi connectivity index (χ1n) is 5.84. The van der Waals surface area contributed by atoms with Gasteiger partial charge >= 0.3 is 0 Å². The van der Waals surface area contributed by atoms with Gasteiger partial charge in [-0.05, 0) is 33.2 Å². The van der Waals surface area contributed by atoms with E-state index >= 15 is 0 Å². The van der Waals surface area contributed by atoms with Crippen molar-refractivity contribution in [3.63, 3.8) is 0 Å². The molecule has 0 aromatic rings. The molecule has 2 unspecified atom stereocenters. The third-order valence-corrected chi connectivity index (χ3v) is 3.35. The minimum atomic E-state index is 0.410. The van der Waals surface area contributed by atoms with Gasteiger partial charge in [-0.1, -0.05) is 0 Å². The zero-order valence-electron chi connectivity index (χ0n) is 9.33. The minimum Gasteiger partial charge on any atom is -0.376 e. The third kappa shape index (κ3) is 2.47. The number of hydrogen-bond acceptors (Lipinski definition) is 3. The lowest BCUT2D eigenvalue weighted by Crippen LogP contribution is -2.51. The Morgan fingerprint density at radius 3 is 3.00 bits per heavy atom. The first-order chi connectivity index (χ1) is 6.75. The van der Waals surface area contributed by atoms with E-state index in [0.29, 0.717) is 12.1 Å². The molecule has 82 valence electrons. The Bertz CT molecular complexity index is 180. The van der Waals surface area contributed by atoms with Crippen LogP contribution in [-0.4, -0.2) is 49.3 Å². The van der Waals surface area contributed by atoms with E-state index in [-0.39, 0.29) is 0 Å². The zero-order chi connectivity index (χ0) is 9.97. The van der Waals surface area contributed by atoms with E-state index in [1.165, 1.54) is 25.9 Å².